The number of amides is 1. The maximum Gasteiger partial charge on any atom is 0.242 e. The van der Waals surface area contributed by atoms with Crippen LogP contribution in [0.2, 0.25) is 0 Å². The van der Waals surface area contributed by atoms with Crippen LogP contribution in [0.5, 0.6) is 0 Å². The molecule has 3 heteroatoms. The first-order valence-corrected chi connectivity index (χ1v) is 6.89. The summed E-state index contributed by atoms with van der Waals surface area (Å²) in [6.45, 7) is 13.4. The van der Waals surface area contributed by atoms with Crippen molar-refractivity contribution in [2.75, 3.05) is 19.6 Å². The summed E-state index contributed by atoms with van der Waals surface area (Å²) in [5.41, 5.74) is -0.316. The first-order chi connectivity index (χ1) is 7.85. The van der Waals surface area contributed by atoms with Crippen LogP contribution in [0.1, 0.15) is 47.5 Å². The molecule has 1 unspecified atom stereocenters. The molecule has 0 aliphatic carbocycles. The topological polar surface area (TPSA) is 32.3 Å². The molecule has 0 aromatic rings. The quantitative estimate of drug-likeness (QED) is 0.799. The maximum atomic E-state index is 12.6. The molecule has 0 saturated carbocycles. The van der Waals surface area contributed by atoms with Gasteiger partial charge in [0.25, 0.3) is 0 Å². The number of carbonyl (C=O) groups is 1. The van der Waals surface area contributed by atoms with Crippen LogP contribution in [-0.4, -0.2) is 36.0 Å². The monoisotopic (exact) mass is 240 g/mol. The number of hydrogen-bond acceptors (Lipinski definition) is 2. The van der Waals surface area contributed by atoms with Gasteiger partial charge in [-0.05, 0) is 38.1 Å². The minimum absolute atomic E-state index is 0.289. The molecule has 1 atom stereocenters. The van der Waals surface area contributed by atoms with Crippen LogP contribution in [0.4, 0.5) is 0 Å². The predicted octanol–water partition coefficient (Wildman–Crippen LogP) is 2.27. The van der Waals surface area contributed by atoms with E-state index in [1.54, 1.807) is 0 Å². The van der Waals surface area contributed by atoms with Gasteiger partial charge in [0.05, 0.1) is 5.54 Å². The van der Waals surface area contributed by atoms with Gasteiger partial charge >= 0.3 is 0 Å². The summed E-state index contributed by atoms with van der Waals surface area (Å²) >= 11 is 0. The summed E-state index contributed by atoms with van der Waals surface area (Å²) in [7, 11) is 0. The van der Waals surface area contributed by atoms with Gasteiger partial charge in [0.1, 0.15) is 0 Å². The molecule has 3 nitrogen and oxygen atoms in total. The van der Waals surface area contributed by atoms with Gasteiger partial charge in [0, 0.05) is 13.1 Å². The van der Waals surface area contributed by atoms with Crippen molar-refractivity contribution in [2.24, 2.45) is 11.8 Å². The van der Waals surface area contributed by atoms with Crippen LogP contribution >= 0.6 is 0 Å². The highest BCUT2D eigenvalue weighted by Gasteiger charge is 2.38. The lowest BCUT2D eigenvalue weighted by atomic mass is 9.97. The fourth-order valence-corrected chi connectivity index (χ4v) is 2.55. The molecule has 17 heavy (non-hydrogen) atoms. The lowest BCUT2D eigenvalue weighted by Gasteiger charge is -2.34. The number of carbonyl (C=O) groups excluding carboxylic acids is 1. The molecular weight excluding hydrogens is 212 g/mol. The molecule has 100 valence electrons. The van der Waals surface area contributed by atoms with E-state index in [1.807, 2.05) is 4.90 Å². The highest BCUT2D eigenvalue weighted by Crippen LogP contribution is 2.22. The lowest BCUT2D eigenvalue weighted by molar-refractivity contribution is -0.138. The highest BCUT2D eigenvalue weighted by molar-refractivity contribution is 5.86. The van der Waals surface area contributed by atoms with Crippen LogP contribution in [0.3, 0.4) is 0 Å². The Kier molecular flexibility index (Phi) is 4.99. The van der Waals surface area contributed by atoms with E-state index >= 15 is 0 Å². The zero-order valence-corrected chi connectivity index (χ0v) is 12.0. The third-order valence-electron chi connectivity index (χ3n) is 3.30. The van der Waals surface area contributed by atoms with E-state index in [0.717, 1.165) is 32.5 Å². The van der Waals surface area contributed by atoms with Gasteiger partial charge in [-0.1, -0.05) is 27.7 Å². The van der Waals surface area contributed by atoms with Gasteiger partial charge in [-0.3, -0.25) is 4.79 Å². The van der Waals surface area contributed by atoms with Gasteiger partial charge in [-0.15, -0.1) is 0 Å². The fraction of sp³-hybridized carbons (Fsp3) is 0.929. The van der Waals surface area contributed by atoms with Crippen molar-refractivity contribution in [1.29, 1.82) is 0 Å². The number of hydrogen-bond donors (Lipinski definition) is 1. The van der Waals surface area contributed by atoms with Crippen LogP contribution < -0.4 is 5.32 Å². The molecule has 1 saturated heterocycles. The Hall–Kier alpha value is -0.570. The van der Waals surface area contributed by atoms with Crippen molar-refractivity contribution in [1.82, 2.24) is 10.2 Å². The van der Waals surface area contributed by atoms with Crippen molar-refractivity contribution >= 4 is 5.91 Å². The summed E-state index contributed by atoms with van der Waals surface area (Å²) in [6.07, 6.45) is 2.08. The summed E-state index contributed by atoms with van der Waals surface area (Å²) < 4.78 is 0. The van der Waals surface area contributed by atoms with E-state index in [1.165, 1.54) is 0 Å². The molecule has 1 aliphatic rings. The van der Waals surface area contributed by atoms with Gasteiger partial charge in [-0.2, -0.15) is 0 Å². The molecule has 0 bridgehead atoms. The van der Waals surface area contributed by atoms with Crippen LogP contribution in [0.15, 0.2) is 0 Å². The number of nitrogens with zero attached hydrogens (tertiary/aromatic N) is 1. The van der Waals surface area contributed by atoms with Crippen molar-refractivity contribution in [3.8, 4) is 0 Å². The Balaban J connectivity index is 2.70. The van der Waals surface area contributed by atoms with E-state index < -0.39 is 0 Å². The second-order valence-electron chi connectivity index (χ2n) is 6.36. The fourth-order valence-electron chi connectivity index (χ4n) is 2.55. The summed E-state index contributed by atoms with van der Waals surface area (Å²) in [6, 6.07) is 0. The maximum absolute atomic E-state index is 12.6. The zero-order valence-electron chi connectivity index (χ0n) is 12.0. The molecule has 1 amide bonds. The van der Waals surface area contributed by atoms with Crippen LogP contribution in [0, 0.1) is 11.8 Å². The minimum atomic E-state index is -0.316. The number of rotatable bonds is 5. The van der Waals surface area contributed by atoms with Gasteiger partial charge in [0.2, 0.25) is 5.91 Å². The zero-order chi connectivity index (χ0) is 13.1. The van der Waals surface area contributed by atoms with Gasteiger partial charge < -0.3 is 10.2 Å². The average Bonchev–Trinajstić information content (AvgIpc) is 2.63. The summed E-state index contributed by atoms with van der Waals surface area (Å²) in [4.78, 5) is 14.7. The first kappa shape index (κ1) is 14.5. The Morgan fingerprint density at radius 3 is 2.12 bits per heavy atom. The largest absolute Gasteiger partial charge is 0.341 e. The normalized spacial score (nSPS) is 24.6. The van der Waals surface area contributed by atoms with Crippen LogP contribution in [0.25, 0.3) is 0 Å². The molecule has 1 rings (SSSR count). The van der Waals surface area contributed by atoms with Crippen molar-refractivity contribution in [2.45, 2.75) is 53.0 Å². The lowest BCUT2D eigenvalue weighted by Crippen LogP contribution is -2.54. The Morgan fingerprint density at radius 2 is 1.76 bits per heavy atom. The molecule has 1 heterocycles. The molecular formula is C14H28N2O. The average molecular weight is 240 g/mol. The second-order valence-corrected chi connectivity index (χ2v) is 6.36. The molecule has 0 radical (unpaired) electrons. The third-order valence-corrected chi connectivity index (χ3v) is 3.30. The van der Waals surface area contributed by atoms with Crippen molar-refractivity contribution < 1.29 is 4.79 Å². The molecule has 0 aromatic heterocycles. The summed E-state index contributed by atoms with van der Waals surface area (Å²) in [5, 5.41) is 3.37. The Bertz CT molecular complexity index is 245. The third kappa shape index (κ3) is 3.98. The minimum Gasteiger partial charge on any atom is -0.341 e. The SMILES string of the molecule is CC(C)CN(CC(C)C)C(=O)C1(C)CCCN1. The highest BCUT2D eigenvalue weighted by atomic mass is 16.2. The van der Waals surface area contributed by atoms with E-state index in [4.69, 9.17) is 0 Å². The predicted molar refractivity (Wildman–Crippen MR) is 71.9 cm³/mol. The second kappa shape index (κ2) is 5.85. The van der Waals surface area contributed by atoms with Gasteiger partial charge in [0.15, 0.2) is 0 Å². The van der Waals surface area contributed by atoms with E-state index in [9.17, 15) is 4.79 Å². The molecule has 1 fully saturated rings. The van der Waals surface area contributed by atoms with Gasteiger partial charge in [-0.25, -0.2) is 0 Å². The van der Waals surface area contributed by atoms with E-state index in [0.29, 0.717) is 11.8 Å². The van der Waals surface area contributed by atoms with Crippen molar-refractivity contribution in [3.05, 3.63) is 0 Å². The van der Waals surface area contributed by atoms with E-state index in [2.05, 4.69) is 39.9 Å². The molecule has 0 aromatic carbocycles. The first-order valence-electron chi connectivity index (χ1n) is 6.89. The smallest absolute Gasteiger partial charge is 0.242 e. The van der Waals surface area contributed by atoms with Crippen LogP contribution in [-0.2, 0) is 4.79 Å². The molecule has 0 spiro atoms. The Labute approximate surface area is 106 Å². The Morgan fingerprint density at radius 1 is 1.24 bits per heavy atom. The van der Waals surface area contributed by atoms with Crippen molar-refractivity contribution in [3.63, 3.8) is 0 Å². The number of nitrogens with one attached hydrogen (secondary N) is 1. The van der Waals surface area contributed by atoms with E-state index in [-0.39, 0.29) is 11.4 Å². The summed E-state index contributed by atoms with van der Waals surface area (Å²) in [5.74, 6) is 1.35. The standard InChI is InChI=1S/C14H28N2O/c1-11(2)9-16(10-12(3)4)13(17)14(5)7-6-8-15-14/h11-12,15H,6-10H2,1-5H3. The molecule has 1 aliphatic heterocycles. The molecule has 1 N–H and O–H groups in total.